The van der Waals surface area contributed by atoms with E-state index in [0.717, 1.165) is 54.3 Å². The number of nitrogens with zero attached hydrogens (tertiary/aromatic N) is 3. The summed E-state index contributed by atoms with van der Waals surface area (Å²) >= 11 is 6.27. The third-order valence-electron chi connectivity index (χ3n) is 6.33. The lowest BCUT2D eigenvalue weighted by molar-refractivity contribution is -0.922. The Labute approximate surface area is 193 Å². The molecule has 0 unspecified atom stereocenters. The molecule has 0 amide bonds. The topological polar surface area (TPSA) is 59.8 Å². The summed E-state index contributed by atoms with van der Waals surface area (Å²) in [4.78, 5) is 5.09. The van der Waals surface area contributed by atoms with Crippen LogP contribution in [0.1, 0.15) is 24.0 Å². The number of para-hydroxylation sites is 1. The molecular weight excluding hydrogens is 420 g/mol. The van der Waals surface area contributed by atoms with Crippen LogP contribution in [0.2, 0.25) is 5.02 Å². The van der Waals surface area contributed by atoms with Gasteiger partial charge in [0.05, 0.1) is 30.0 Å². The number of nitrogens with one attached hydrogen (secondary N) is 1. The van der Waals surface area contributed by atoms with E-state index in [0.29, 0.717) is 15.2 Å². The quantitative estimate of drug-likeness (QED) is 0.347. The second-order valence-electron chi connectivity index (χ2n) is 8.66. The van der Waals surface area contributed by atoms with E-state index in [1.165, 1.54) is 0 Å². The minimum absolute atomic E-state index is 0.156. The van der Waals surface area contributed by atoms with Gasteiger partial charge in [0.25, 0.3) is 0 Å². The lowest BCUT2D eigenvalue weighted by Gasteiger charge is -2.37. The number of aliphatic imine (C=N–C) groups is 1. The molecule has 1 fully saturated rings. The van der Waals surface area contributed by atoms with E-state index in [1.54, 1.807) is 0 Å². The Morgan fingerprint density at radius 1 is 1.00 bits per heavy atom. The zero-order chi connectivity index (χ0) is 22.1. The summed E-state index contributed by atoms with van der Waals surface area (Å²) in [6.07, 6.45) is 1.82. The van der Waals surface area contributed by atoms with Crippen molar-refractivity contribution in [2.75, 3.05) is 25.5 Å². The van der Waals surface area contributed by atoms with Crippen LogP contribution in [0.25, 0.3) is 0 Å². The Bertz CT molecular complexity index is 1200. The SMILES string of the molecule is C[N+]1(/N=C(\[O-])c2ccccc2)CCC(C2=Nc3cc(Cl)ccc3Nc3ccccc32)CC1. The van der Waals surface area contributed by atoms with Crippen molar-refractivity contribution >= 4 is 40.3 Å². The first-order valence-electron chi connectivity index (χ1n) is 10.9. The summed E-state index contributed by atoms with van der Waals surface area (Å²) in [5, 5.41) is 21.4. The van der Waals surface area contributed by atoms with Crippen LogP contribution in [0.4, 0.5) is 17.1 Å². The molecule has 32 heavy (non-hydrogen) atoms. The van der Waals surface area contributed by atoms with Gasteiger partial charge >= 0.3 is 0 Å². The van der Waals surface area contributed by atoms with Crippen LogP contribution in [-0.4, -0.2) is 36.3 Å². The van der Waals surface area contributed by atoms with Crippen molar-refractivity contribution in [1.29, 1.82) is 0 Å². The third kappa shape index (κ3) is 4.14. The van der Waals surface area contributed by atoms with Crippen molar-refractivity contribution < 1.29 is 9.70 Å². The summed E-state index contributed by atoms with van der Waals surface area (Å²) < 4.78 is 0.403. The molecule has 6 heteroatoms. The van der Waals surface area contributed by atoms with Crippen LogP contribution in [-0.2, 0) is 0 Å². The highest BCUT2D eigenvalue weighted by molar-refractivity contribution is 6.31. The number of fused-ring (bicyclic) bond motifs is 2. The normalized spacial score (nSPS) is 22.8. The number of anilines is 2. The number of rotatable bonds is 3. The fourth-order valence-electron chi connectivity index (χ4n) is 4.52. The lowest BCUT2D eigenvalue weighted by Crippen LogP contribution is -2.48. The van der Waals surface area contributed by atoms with Gasteiger partial charge in [-0.05, 0) is 29.8 Å². The molecule has 2 aliphatic heterocycles. The Morgan fingerprint density at radius 2 is 1.72 bits per heavy atom. The van der Waals surface area contributed by atoms with Crippen molar-refractivity contribution in [3.63, 3.8) is 0 Å². The van der Waals surface area contributed by atoms with Crippen molar-refractivity contribution in [2.24, 2.45) is 16.0 Å². The third-order valence-corrected chi connectivity index (χ3v) is 6.57. The number of piperidine rings is 1. The molecule has 0 radical (unpaired) electrons. The summed E-state index contributed by atoms with van der Waals surface area (Å²) in [7, 11) is 2.04. The largest absolute Gasteiger partial charge is 0.855 e. The highest BCUT2D eigenvalue weighted by atomic mass is 35.5. The maximum atomic E-state index is 12.7. The van der Waals surface area contributed by atoms with Gasteiger partial charge in [0.2, 0.25) is 0 Å². The average Bonchev–Trinajstić information content (AvgIpc) is 2.96. The van der Waals surface area contributed by atoms with Gasteiger partial charge in [-0.25, -0.2) is 4.59 Å². The van der Waals surface area contributed by atoms with Gasteiger partial charge in [-0.15, -0.1) is 0 Å². The van der Waals surface area contributed by atoms with Crippen LogP contribution < -0.4 is 10.4 Å². The number of benzene rings is 3. The van der Waals surface area contributed by atoms with Crippen LogP contribution in [0.15, 0.2) is 82.9 Å². The molecule has 3 aromatic carbocycles. The van der Waals surface area contributed by atoms with Gasteiger partial charge in [-0.1, -0.05) is 65.2 Å². The Morgan fingerprint density at radius 3 is 2.50 bits per heavy atom. The van der Waals surface area contributed by atoms with Crippen LogP contribution in [0.5, 0.6) is 0 Å². The Kier molecular flexibility index (Phi) is 5.45. The minimum Gasteiger partial charge on any atom is -0.855 e. The maximum absolute atomic E-state index is 12.7. The van der Waals surface area contributed by atoms with Crippen molar-refractivity contribution in [2.45, 2.75) is 12.8 Å². The molecule has 162 valence electrons. The standard InChI is InChI=1S/C26H25ClN4O/c1-31(30-26(32)19-7-3-2-4-8-19)15-13-18(14-16-31)25-21-9-5-6-10-22(21)28-23-12-11-20(27)17-24(23)29-25/h2-12,17-18H,13-16H2,1H3,(H-,28,29,30,32). The summed E-state index contributed by atoms with van der Waals surface area (Å²) in [6, 6.07) is 23.3. The van der Waals surface area contributed by atoms with E-state index < -0.39 is 0 Å². The van der Waals surface area contributed by atoms with Gasteiger partial charge < -0.3 is 10.4 Å². The van der Waals surface area contributed by atoms with Gasteiger partial charge in [0.15, 0.2) is 0 Å². The van der Waals surface area contributed by atoms with Crippen LogP contribution >= 0.6 is 11.6 Å². The van der Waals surface area contributed by atoms with E-state index in [-0.39, 0.29) is 11.8 Å². The second kappa shape index (κ2) is 8.41. The fraction of sp³-hybridized carbons (Fsp3) is 0.231. The second-order valence-corrected chi connectivity index (χ2v) is 9.10. The van der Waals surface area contributed by atoms with Crippen molar-refractivity contribution in [1.82, 2.24) is 0 Å². The molecule has 0 atom stereocenters. The molecule has 1 saturated heterocycles. The van der Waals surface area contributed by atoms with Gasteiger partial charge in [-0.3, -0.25) is 4.99 Å². The van der Waals surface area contributed by atoms with E-state index in [1.807, 2.05) is 61.6 Å². The molecule has 2 heterocycles. The highest BCUT2D eigenvalue weighted by Crippen LogP contribution is 2.39. The first-order chi connectivity index (χ1) is 15.5. The zero-order valence-electron chi connectivity index (χ0n) is 18.0. The summed E-state index contributed by atoms with van der Waals surface area (Å²) in [5.74, 6) is 0.132. The number of likely N-dealkylation sites (tertiary alicyclic amines) is 1. The molecule has 0 spiro atoms. The lowest BCUT2D eigenvalue weighted by atomic mass is 9.87. The monoisotopic (exact) mass is 444 g/mol. The molecule has 0 aromatic heterocycles. The number of quaternary nitrogens is 1. The molecule has 5 rings (SSSR count). The summed E-state index contributed by atoms with van der Waals surface area (Å²) in [6.45, 7) is 1.58. The maximum Gasteiger partial charge on any atom is 0.104 e. The molecule has 5 nitrogen and oxygen atoms in total. The van der Waals surface area contributed by atoms with Crippen molar-refractivity contribution in [3.8, 4) is 0 Å². The Balaban J connectivity index is 1.43. The van der Waals surface area contributed by atoms with E-state index in [4.69, 9.17) is 16.6 Å². The smallest absolute Gasteiger partial charge is 0.104 e. The molecule has 0 aliphatic carbocycles. The molecule has 0 saturated carbocycles. The first kappa shape index (κ1) is 20.7. The minimum atomic E-state index is -0.156. The number of hydrogen-bond donors (Lipinski definition) is 1. The molecule has 1 N–H and O–H groups in total. The predicted molar refractivity (Wildman–Crippen MR) is 129 cm³/mol. The van der Waals surface area contributed by atoms with Crippen LogP contribution in [0.3, 0.4) is 0 Å². The number of halogens is 1. The van der Waals surface area contributed by atoms with E-state index in [2.05, 4.69) is 28.6 Å². The molecule has 3 aromatic rings. The molecule has 2 aliphatic rings. The molecule has 0 bridgehead atoms. The summed E-state index contributed by atoms with van der Waals surface area (Å²) in [5.41, 5.74) is 5.70. The van der Waals surface area contributed by atoms with E-state index >= 15 is 0 Å². The Hall–Kier alpha value is -3.15. The van der Waals surface area contributed by atoms with Gasteiger partial charge in [0, 0.05) is 35.0 Å². The predicted octanol–water partition coefficient (Wildman–Crippen LogP) is 5.10. The highest BCUT2D eigenvalue weighted by Gasteiger charge is 2.34. The van der Waals surface area contributed by atoms with Crippen LogP contribution in [0, 0.1) is 5.92 Å². The van der Waals surface area contributed by atoms with Crippen molar-refractivity contribution in [3.05, 3.63) is 88.9 Å². The first-order valence-corrected chi connectivity index (χ1v) is 11.3. The van der Waals surface area contributed by atoms with Gasteiger partial charge in [-0.2, -0.15) is 0 Å². The van der Waals surface area contributed by atoms with Gasteiger partial charge in [0.1, 0.15) is 13.1 Å². The fourth-order valence-corrected chi connectivity index (χ4v) is 4.69. The molecular formula is C26H25ClN4O. The van der Waals surface area contributed by atoms with E-state index in [9.17, 15) is 5.11 Å². The average molecular weight is 445 g/mol. The number of hydrogen-bond acceptors (Lipinski definition) is 4. The zero-order valence-corrected chi connectivity index (χ0v) is 18.7.